The van der Waals surface area contributed by atoms with Crippen LogP contribution in [0.15, 0.2) is 0 Å². The quantitative estimate of drug-likeness (QED) is 0.795. The van der Waals surface area contributed by atoms with Gasteiger partial charge in [0.1, 0.15) is 5.78 Å². The standard InChI is InChI=1S/C17H28O3/c1-2-13-4-3-5-14(10-13)16(18)15-6-8-20-17(11-15)7-9-19-12-17/h13-15H,2-12H2,1H3. The van der Waals surface area contributed by atoms with E-state index in [9.17, 15) is 4.79 Å². The van der Waals surface area contributed by atoms with Gasteiger partial charge in [-0.25, -0.2) is 0 Å². The summed E-state index contributed by atoms with van der Waals surface area (Å²) in [5, 5.41) is 0. The Kier molecular flexibility index (Phi) is 4.46. The van der Waals surface area contributed by atoms with E-state index in [-0.39, 0.29) is 11.5 Å². The summed E-state index contributed by atoms with van der Waals surface area (Å²) in [5.41, 5.74) is -0.128. The first-order chi connectivity index (χ1) is 9.72. The lowest BCUT2D eigenvalue weighted by atomic mass is 9.72. The fraction of sp³-hybridized carbons (Fsp3) is 0.941. The molecule has 3 rings (SSSR count). The van der Waals surface area contributed by atoms with Gasteiger partial charge in [-0.2, -0.15) is 0 Å². The molecule has 0 aromatic carbocycles. The van der Waals surface area contributed by atoms with Crippen LogP contribution in [0.2, 0.25) is 0 Å². The third kappa shape index (κ3) is 2.94. The van der Waals surface area contributed by atoms with Crippen LogP contribution in [0.25, 0.3) is 0 Å². The summed E-state index contributed by atoms with van der Waals surface area (Å²) in [7, 11) is 0. The third-order valence-corrected chi connectivity index (χ3v) is 5.72. The van der Waals surface area contributed by atoms with Gasteiger partial charge in [-0.15, -0.1) is 0 Å². The minimum Gasteiger partial charge on any atom is -0.378 e. The van der Waals surface area contributed by atoms with E-state index < -0.39 is 0 Å². The Bertz CT molecular complexity index is 346. The summed E-state index contributed by atoms with van der Waals surface area (Å²) >= 11 is 0. The van der Waals surface area contributed by atoms with Crippen LogP contribution in [0.5, 0.6) is 0 Å². The summed E-state index contributed by atoms with van der Waals surface area (Å²) < 4.78 is 11.5. The summed E-state index contributed by atoms with van der Waals surface area (Å²) in [4.78, 5) is 12.9. The van der Waals surface area contributed by atoms with Crippen LogP contribution in [0.3, 0.4) is 0 Å². The highest BCUT2D eigenvalue weighted by molar-refractivity contribution is 5.83. The first-order valence-electron chi connectivity index (χ1n) is 8.48. The van der Waals surface area contributed by atoms with Crippen molar-refractivity contribution in [2.24, 2.45) is 17.8 Å². The van der Waals surface area contributed by atoms with E-state index in [1.165, 1.54) is 19.3 Å². The smallest absolute Gasteiger partial charge is 0.139 e. The van der Waals surface area contributed by atoms with Gasteiger partial charge < -0.3 is 9.47 Å². The molecular formula is C17H28O3. The van der Waals surface area contributed by atoms with Crippen LogP contribution in [0.1, 0.15) is 58.3 Å². The van der Waals surface area contributed by atoms with Crippen molar-refractivity contribution in [2.75, 3.05) is 19.8 Å². The summed E-state index contributed by atoms with van der Waals surface area (Å²) in [5.74, 6) is 1.88. The van der Waals surface area contributed by atoms with Crippen molar-refractivity contribution in [3.05, 3.63) is 0 Å². The van der Waals surface area contributed by atoms with Crippen molar-refractivity contribution in [3.63, 3.8) is 0 Å². The van der Waals surface area contributed by atoms with Crippen molar-refractivity contribution in [3.8, 4) is 0 Å². The summed E-state index contributed by atoms with van der Waals surface area (Å²) in [6.45, 7) is 4.49. The van der Waals surface area contributed by atoms with Crippen LogP contribution < -0.4 is 0 Å². The molecule has 0 N–H and O–H groups in total. The number of carbonyl (C=O) groups excluding carboxylic acids is 1. The van der Waals surface area contributed by atoms with Gasteiger partial charge >= 0.3 is 0 Å². The van der Waals surface area contributed by atoms with Crippen LogP contribution in [0.4, 0.5) is 0 Å². The van der Waals surface area contributed by atoms with E-state index in [1.807, 2.05) is 0 Å². The molecule has 0 radical (unpaired) electrons. The zero-order valence-electron chi connectivity index (χ0n) is 12.7. The fourth-order valence-electron chi connectivity index (χ4n) is 4.39. The van der Waals surface area contributed by atoms with Crippen LogP contribution >= 0.6 is 0 Å². The highest BCUT2D eigenvalue weighted by Crippen LogP contribution is 2.40. The zero-order chi connectivity index (χ0) is 14.0. The Morgan fingerprint density at radius 2 is 2.10 bits per heavy atom. The molecular weight excluding hydrogens is 252 g/mol. The minimum atomic E-state index is -0.128. The van der Waals surface area contributed by atoms with Crippen LogP contribution in [-0.2, 0) is 14.3 Å². The van der Waals surface area contributed by atoms with Crippen LogP contribution in [0, 0.1) is 17.8 Å². The van der Waals surface area contributed by atoms with Crippen molar-refractivity contribution in [2.45, 2.75) is 63.9 Å². The van der Waals surface area contributed by atoms with E-state index in [0.717, 1.165) is 51.2 Å². The zero-order valence-corrected chi connectivity index (χ0v) is 12.7. The molecule has 3 aliphatic rings. The predicted octanol–water partition coefficient (Wildman–Crippen LogP) is 3.36. The summed E-state index contributed by atoms with van der Waals surface area (Å²) in [6, 6.07) is 0. The van der Waals surface area contributed by atoms with Crippen molar-refractivity contribution in [1.82, 2.24) is 0 Å². The van der Waals surface area contributed by atoms with E-state index >= 15 is 0 Å². The number of carbonyl (C=O) groups is 1. The second kappa shape index (κ2) is 6.15. The van der Waals surface area contributed by atoms with E-state index in [1.54, 1.807) is 0 Å². The summed E-state index contributed by atoms with van der Waals surface area (Å²) in [6.07, 6.45) is 8.85. The SMILES string of the molecule is CCC1CCCC(C(=O)C2CCOC3(CCOC3)C2)C1. The van der Waals surface area contributed by atoms with Gasteiger partial charge in [0.05, 0.1) is 12.2 Å². The van der Waals surface area contributed by atoms with E-state index in [0.29, 0.717) is 18.3 Å². The largest absolute Gasteiger partial charge is 0.378 e. The lowest BCUT2D eigenvalue weighted by Gasteiger charge is -2.38. The predicted molar refractivity (Wildman–Crippen MR) is 77.6 cm³/mol. The van der Waals surface area contributed by atoms with E-state index in [2.05, 4.69) is 6.92 Å². The molecule has 0 amide bonds. The average molecular weight is 280 g/mol. The van der Waals surface area contributed by atoms with Gasteiger partial charge in [-0.05, 0) is 31.6 Å². The molecule has 0 aromatic rings. The lowest BCUT2D eigenvalue weighted by Crippen LogP contribution is -2.44. The average Bonchev–Trinajstić information content (AvgIpc) is 2.94. The number of rotatable bonds is 3. The molecule has 2 heterocycles. The van der Waals surface area contributed by atoms with Gasteiger partial charge in [-0.3, -0.25) is 4.79 Å². The molecule has 2 aliphatic heterocycles. The molecule has 3 fully saturated rings. The molecule has 20 heavy (non-hydrogen) atoms. The Labute approximate surface area is 122 Å². The van der Waals surface area contributed by atoms with Crippen molar-refractivity contribution in [1.29, 1.82) is 0 Å². The maximum atomic E-state index is 12.9. The number of hydrogen-bond acceptors (Lipinski definition) is 3. The normalized spacial score (nSPS) is 42.0. The Morgan fingerprint density at radius 1 is 1.20 bits per heavy atom. The molecule has 0 bridgehead atoms. The molecule has 3 heteroatoms. The Morgan fingerprint density at radius 3 is 2.85 bits per heavy atom. The molecule has 3 nitrogen and oxygen atoms in total. The molecule has 4 atom stereocenters. The minimum absolute atomic E-state index is 0.128. The van der Waals surface area contributed by atoms with Gasteiger partial charge in [0, 0.05) is 31.5 Å². The molecule has 1 spiro atoms. The second-order valence-corrected chi connectivity index (χ2v) is 7.06. The van der Waals surface area contributed by atoms with E-state index in [4.69, 9.17) is 9.47 Å². The van der Waals surface area contributed by atoms with Gasteiger partial charge in [0.2, 0.25) is 0 Å². The number of hydrogen-bond donors (Lipinski definition) is 0. The molecule has 2 saturated heterocycles. The maximum Gasteiger partial charge on any atom is 0.139 e. The van der Waals surface area contributed by atoms with Gasteiger partial charge in [-0.1, -0.05) is 26.2 Å². The maximum absolute atomic E-state index is 12.9. The second-order valence-electron chi connectivity index (χ2n) is 7.06. The van der Waals surface area contributed by atoms with Gasteiger partial charge in [0.25, 0.3) is 0 Å². The topological polar surface area (TPSA) is 35.5 Å². The Balaban J connectivity index is 1.61. The number of ketones is 1. The third-order valence-electron chi connectivity index (χ3n) is 5.72. The number of Topliss-reactive ketones (excluding diaryl/α,β-unsaturated/α-hetero) is 1. The molecule has 4 unspecified atom stereocenters. The molecule has 0 aromatic heterocycles. The van der Waals surface area contributed by atoms with Crippen LogP contribution in [-0.4, -0.2) is 31.2 Å². The van der Waals surface area contributed by atoms with Crippen molar-refractivity contribution < 1.29 is 14.3 Å². The number of ether oxygens (including phenoxy) is 2. The molecule has 1 aliphatic carbocycles. The lowest BCUT2D eigenvalue weighted by molar-refractivity contribution is -0.142. The first kappa shape index (κ1) is 14.5. The molecule has 114 valence electrons. The fourth-order valence-corrected chi connectivity index (χ4v) is 4.39. The highest BCUT2D eigenvalue weighted by atomic mass is 16.6. The monoisotopic (exact) mass is 280 g/mol. The molecule has 1 saturated carbocycles. The highest BCUT2D eigenvalue weighted by Gasteiger charge is 2.44. The Hall–Kier alpha value is -0.410. The van der Waals surface area contributed by atoms with Crippen molar-refractivity contribution >= 4 is 5.78 Å². The van der Waals surface area contributed by atoms with Gasteiger partial charge in [0.15, 0.2) is 0 Å². The first-order valence-corrected chi connectivity index (χ1v) is 8.48.